The van der Waals surface area contributed by atoms with E-state index >= 15 is 0 Å². The lowest BCUT2D eigenvalue weighted by Crippen LogP contribution is -2.27. The zero-order valence-corrected chi connectivity index (χ0v) is 16.7. The van der Waals surface area contributed by atoms with Crippen LogP contribution in [0.3, 0.4) is 0 Å². The molecule has 0 saturated carbocycles. The number of rotatable bonds is 8. The summed E-state index contributed by atoms with van der Waals surface area (Å²) in [5.41, 5.74) is 24.4. The summed E-state index contributed by atoms with van der Waals surface area (Å²) < 4.78 is 21.0. The van der Waals surface area contributed by atoms with Gasteiger partial charge in [0.15, 0.2) is 11.6 Å². The Balaban J connectivity index is 2.14. The highest BCUT2D eigenvalue weighted by Gasteiger charge is 2.38. The number of methoxy groups -OCH3 is 2. The molecule has 0 amide bonds. The molecule has 30 heavy (non-hydrogen) atoms. The average Bonchev–Trinajstić information content (AvgIpc) is 2.70. The van der Waals surface area contributed by atoms with E-state index in [9.17, 15) is 9.59 Å². The standard InChI is InChI=1S/C20H24N4O6/c1-27-3-5-29-11-7-9(21)13-15(17(11)23)20(26)16-14(19(13)25)10(22)8-12(18(16)24)30-6-4-28-2/h7-8H,3-6,21-24H2,1-2H3. The van der Waals surface area contributed by atoms with Crippen molar-refractivity contribution in [1.29, 1.82) is 0 Å². The second-order valence-electron chi connectivity index (χ2n) is 6.60. The minimum Gasteiger partial charge on any atom is -0.489 e. The lowest BCUT2D eigenvalue weighted by molar-refractivity contribution is 0.0980. The molecular weight excluding hydrogens is 392 g/mol. The van der Waals surface area contributed by atoms with Crippen molar-refractivity contribution in [2.75, 3.05) is 63.6 Å². The highest BCUT2D eigenvalue weighted by atomic mass is 16.5. The smallest absolute Gasteiger partial charge is 0.199 e. The highest BCUT2D eigenvalue weighted by molar-refractivity contribution is 6.35. The number of nitrogens with two attached hydrogens (primary N) is 4. The Bertz CT molecular complexity index is 944. The molecule has 2 aromatic rings. The summed E-state index contributed by atoms with van der Waals surface area (Å²) in [6.45, 7) is 0.976. The van der Waals surface area contributed by atoms with E-state index in [2.05, 4.69) is 0 Å². The van der Waals surface area contributed by atoms with Crippen molar-refractivity contribution < 1.29 is 28.5 Å². The monoisotopic (exact) mass is 416 g/mol. The minimum atomic E-state index is -0.581. The number of fused-ring (bicyclic) bond motifs is 2. The Morgan fingerprint density at radius 1 is 0.633 bits per heavy atom. The van der Waals surface area contributed by atoms with Crippen LogP contribution in [0.15, 0.2) is 12.1 Å². The Morgan fingerprint density at radius 3 is 1.37 bits per heavy atom. The molecule has 160 valence electrons. The van der Waals surface area contributed by atoms with Gasteiger partial charge in [0.2, 0.25) is 0 Å². The SMILES string of the molecule is COCCOc1cc(N)c2c(c1N)C(=O)c1c(N)c(OCCOC)cc(N)c1C2=O. The molecule has 10 heteroatoms. The Labute approximate surface area is 173 Å². The highest BCUT2D eigenvalue weighted by Crippen LogP contribution is 2.44. The van der Waals surface area contributed by atoms with Crippen LogP contribution < -0.4 is 32.4 Å². The first-order chi connectivity index (χ1) is 14.3. The molecule has 0 fully saturated rings. The van der Waals surface area contributed by atoms with Crippen molar-refractivity contribution in [2.24, 2.45) is 0 Å². The van der Waals surface area contributed by atoms with Crippen molar-refractivity contribution in [1.82, 2.24) is 0 Å². The zero-order chi connectivity index (χ0) is 22.0. The van der Waals surface area contributed by atoms with E-state index in [1.165, 1.54) is 26.4 Å². The first-order valence-electron chi connectivity index (χ1n) is 9.10. The van der Waals surface area contributed by atoms with Crippen molar-refractivity contribution in [3.8, 4) is 11.5 Å². The number of hydrogen-bond acceptors (Lipinski definition) is 10. The van der Waals surface area contributed by atoms with E-state index < -0.39 is 11.6 Å². The third kappa shape index (κ3) is 3.46. The molecule has 0 aromatic heterocycles. The third-order valence-corrected chi connectivity index (χ3v) is 4.72. The summed E-state index contributed by atoms with van der Waals surface area (Å²) in [6, 6.07) is 2.81. The van der Waals surface area contributed by atoms with Crippen LogP contribution >= 0.6 is 0 Å². The number of carbonyl (C=O) groups is 2. The summed E-state index contributed by atoms with van der Waals surface area (Å²) in [6.07, 6.45) is 0. The normalized spacial score (nSPS) is 12.5. The van der Waals surface area contributed by atoms with Gasteiger partial charge in [0.25, 0.3) is 0 Å². The van der Waals surface area contributed by atoms with Gasteiger partial charge in [-0.3, -0.25) is 9.59 Å². The maximum absolute atomic E-state index is 13.4. The topological polar surface area (TPSA) is 175 Å². The van der Waals surface area contributed by atoms with Gasteiger partial charge in [0, 0.05) is 37.7 Å². The molecule has 3 rings (SSSR count). The van der Waals surface area contributed by atoms with Crippen LogP contribution in [0.5, 0.6) is 11.5 Å². The fourth-order valence-corrected chi connectivity index (χ4v) is 3.31. The van der Waals surface area contributed by atoms with Crippen LogP contribution in [-0.4, -0.2) is 52.2 Å². The van der Waals surface area contributed by atoms with Crippen LogP contribution in [0, 0.1) is 0 Å². The van der Waals surface area contributed by atoms with Crippen molar-refractivity contribution in [2.45, 2.75) is 0 Å². The number of ketones is 2. The van der Waals surface area contributed by atoms with Crippen LogP contribution in [-0.2, 0) is 9.47 Å². The lowest BCUT2D eigenvalue weighted by atomic mass is 9.80. The molecule has 0 heterocycles. The molecule has 0 aliphatic heterocycles. The van der Waals surface area contributed by atoms with Crippen molar-refractivity contribution in [3.05, 3.63) is 34.4 Å². The first kappa shape index (κ1) is 21.2. The number of anilines is 4. The van der Waals surface area contributed by atoms with Gasteiger partial charge in [-0.1, -0.05) is 0 Å². The minimum absolute atomic E-state index is 0.0111. The molecule has 0 bridgehead atoms. The first-order valence-corrected chi connectivity index (χ1v) is 9.10. The second kappa shape index (κ2) is 8.47. The summed E-state index contributed by atoms with van der Waals surface area (Å²) in [5, 5.41) is 0. The summed E-state index contributed by atoms with van der Waals surface area (Å²) in [5.74, 6) is -0.777. The predicted octanol–water partition coefficient (Wildman–Crippen LogP) is 0.841. The fraction of sp³-hybridized carbons (Fsp3) is 0.300. The summed E-state index contributed by atoms with van der Waals surface area (Å²) >= 11 is 0. The van der Waals surface area contributed by atoms with E-state index in [0.29, 0.717) is 13.2 Å². The van der Waals surface area contributed by atoms with Gasteiger partial charge in [-0.2, -0.15) is 0 Å². The van der Waals surface area contributed by atoms with Crippen LogP contribution in [0.4, 0.5) is 22.7 Å². The van der Waals surface area contributed by atoms with Gasteiger partial charge in [-0.25, -0.2) is 0 Å². The Hall–Kier alpha value is -3.50. The molecule has 0 saturated heterocycles. The largest absolute Gasteiger partial charge is 0.489 e. The second-order valence-corrected chi connectivity index (χ2v) is 6.60. The average molecular weight is 416 g/mol. The maximum Gasteiger partial charge on any atom is 0.199 e. The van der Waals surface area contributed by atoms with Gasteiger partial charge < -0.3 is 41.9 Å². The quantitative estimate of drug-likeness (QED) is 0.304. The van der Waals surface area contributed by atoms with Crippen molar-refractivity contribution >= 4 is 34.3 Å². The van der Waals surface area contributed by atoms with Gasteiger partial charge in [0.05, 0.1) is 46.8 Å². The number of hydrogen-bond donors (Lipinski definition) is 4. The van der Waals surface area contributed by atoms with Gasteiger partial charge in [-0.15, -0.1) is 0 Å². The van der Waals surface area contributed by atoms with E-state index in [-0.39, 0.29) is 69.7 Å². The number of benzene rings is 2. The molecule has 1 aliphatic rings. The molecule has 0 spiro atoms. The van der Waals surface area contributed by atoms with Gasteiger partial charge >= 0.3 is 0 Å². The van der Waals surface area contributed by atoms with Gasteiger partial charge in [-0.05, 0) is 0 Å². The number of ether oxygens (including phenoxy) is 4. The van der Waals surface area contributed by atoms with E-state index in [4.69, 9.17) is 41.9 Å². The molecule has 8 N–H and O–H groups in total. The molecule has 1 aliphatic carbocycles. The Kier molecular flexibility index (Phi) is 5.99. The van der Waals surface area contributed by atoms with E-state index in [1.54, 1.807) is 0 Å². The molecule has 0 atom stereocenters. The molecular formula is C20H24N4O6. The number of nitrogen functional groups attached to an aromatic ring is 4. The Morgan fingerprint density at radius 2 is 1.00 bits per heavy atom. The summed E-state index contributed by atoms with van der Waals surface area (Å²) in [4.78, 5) is 26.6. The molecule has 0 radical (unpaired) electrons. The van der Waals surface area contributed by atoms with E-state index in [1.807, 2.05) is 0 Å². The lowest BCUT2D eigenvalue weighted by Gasteiger charge is -2.25. The molecule has 2 aromatic carbocycles. The zero-order valence-electron chi connectivity index (χ0n) is 16.7. The number of carbonyl (C=O) groups excluding carboxylic acids is 2. The fourth-order valence-electron chi connectivity index (χ4n) is 3.31. The predicted molar refractivity (Wildman–Crippen MR) is 112 cm³/mol. The third-order valence-electron chi connectivity index (χ3n) is 4.72. The summed E-state index contributed by atoms with van der Waals surface area (Å²) in [7, 11) is 3.04. The van der Waals surface area contributed by atoms with Crippen molar-refractivity contribution in [3.63, 3.8) is 0 Å². The van der Waals surface area contributed by atoms with Crippen LogP contribution in [0.25, 0.3) is 0 Å². The maximum atomic E-state index is 13.4. The van der Waals surface area contributed by atoms with E-state index in [0.717, 1.165) is 0 Å². The molecule has 0 unspecified atom stereocenters. The van der Waals surface area contributed by atoms with Crippen LogP contribution in [0.1, 0.15) is 31.8 Å². The molecule has 10 nitrogen and oxygen atoms in total. The van der Waals surface area contributed by atoms with Crippen LogP contribution in [0.2, 0.25) is 0 Å². The van der Waals surface area contributed by atoms with Gasteiger partial charge in [0.1, 0.15) is 24.7 Å².